The normalized spacial score (nSPS) is 30.0. The highest BCUT2D eigenvalue weighted by Gasteiger charge is 2.43. The predicted octanol–water partition coefficient (Wildman–Crippen LogP) is 3.62. The molecule has 1 aliphatic rings. The van der Waals surface area contributed by atoms with E-state index in [0.717, 1.165) is 29.3 Å². The van der Waals surface area contributed by atoms with Gasteiger partial charge >= 0.3 is 0 Å². The lowest BCUT2D eigenvalue weighted by Gasteiger charge is -2.46. The van der Waals surface area contributed by atoms with Crippen LogP contribution < -0.4 is 5.73 Å². The van der Waals surface area contributed by atoms with Gasteiger partial charge in [0.15, 0.2) is 0 Å². The quantitative estimate of drug-likeness (QED) is 0.844. The Labute approximate surface area is 101 Å². The molecular formula is C12H15Cl2N. The van der Waals surface area contributed by atoms with Gasteiger partial charge in [-0.15, -0.1) is 0 Å². The van der Waals surface area contributed by atoms with Crippen LogP contribution in [0.15, 0.2) is 18.2 Å². The lowest BCUT2D eigenvalue weighted by Crippen LogP contribution is -2.46. The molecule has 0 radical (unpaired) electrons. The minimum Gasteiger partial charge on any atom is -0.330 e. The molecule has 0 aliphatic heterocycles. The molecular weight excluding hydrogens is 229 g/mol. The maximum Gasteiger partial charge on any atom is 0.0458 e. The summed E-state index contributed by atoms with van der Waals surface area (Å²) >= 11 is 12.1. The van der Waals surface area contributed by atoms with Crippen LogP contribution in [0.5, 0.6) is 0 Å². The van der Waals surface area contributed by atoms with Crippen LogP contribution in [0.3, 0.4) is 0 Å². The van der Waals surface area contributed by atoms with E-state index >= 15 is 0 Å². The summed E-state index contributed by atoms with van der Waals surface area (Å²) in [5.74, 6) is 0.750. The molecule has 1 aliphatic carbocycles. The molecule has 0 aromatic heterocycles. The lowest BCUT2D eigenvalue weighted by atomic mass is 9.59. The first-order valence-electron chi connectivity index (χ1n) is 5.23. The molecule has 0 bridgehead atoms. The van der Waals surface area contributed by atoms with Crippen molar-refractivity contribution in [1.82, 2.24) is 0 Å². The molecule has 0 saturated heterocycles. The average Bonchev–Trinajstić information content (AvgIpc) is 2.13. The van der Waals surface area contributed by atoms with Crippen molar-refractivity contribution >= 4 is 23.2 Å². The van der Waals surface area contributed by atoms with Gasteiger partial charge in [0, 0.05) is 22.0 Å². The summed E-state index contributed by atoms with van der Waals surface area (Å²) in [7, 11) is 0. The second-order valence-electron chi connectivity index (χ2n) is 4.62. The zero-order chi connectivity index (χ0) is 11.1. The van der Waals surface area contributed by atoms with Gasteiger partial charge in [0.25, 0.3) is 0 Å². The first-order valence-corrected chi connectivity index (χ1v) is 5.98. The topological polar surface area (TPSA) is 26.0 Å². The Bertz CT molecular complexity index is 370. The number of rotatable bonds is 2. The maximum absolute atomic E-state index is 6.21. The van der Waals surface area contributed by atoms with E-state index in [1.54, 1.807) is 6.07 Å². The molecule has 0 atom stereocenters. The molecule has 1 aromatic carbocycles. The highest BCUT2D eigenvalue weighted by molar-refractivity contribution is 6.35. The van der Waals surface area contributed by atoms with Crippen LogP contribution in [0.2, 0.25) is 10.0 Å². The third kappa shape index (κ3) is 1.89. The Morgan fingerprint density at radius 3 is 2.53 bits per heavy atom. The number of hydrogen-bond acceptors (Lipinski definition) is 1. The fraction of sp³-hybridized carbons (Fsp3) is 0.500. The number of benzene rings is 1. The van der Waals surface area contributed by atoms with Gasteiger partial charge < -0.3 is 5.73 Å². The van der Waals surface area contributed by atoms with Crippen molar-refractivity contribution in [3.63, 3.8) is 0 Å². The van der Waals surface area contributed by atoms with Crippen LogP contribution in [-0.2, 0) is 5.41 Å². The van der Waals surface area contributed by atoms with Gasteiger partial charge in [0.05, 0.1) is 0 Å². The fourth-order valence-corrected chi connectivity index (χ4v) is 3.30. The number of nitrogens with two attached hydrogens (primary N) is 1. The Morgan fingerprint density at radius 2 is 2.07 bits per heavy atom. The van der Waals surface area contributed by atoms with Crippen molar-refractivity contribution in [2.24, 2.45) is 11.7 Å². The minimum absolute atomic E-state index is 0.0983. The molecule has 2 rings (SSSR count). The molecule has 1 saturated carbocycles. The van der Waals surface area contributed by atoms with E-state index in [-0.39, 0.29) is 5.41 Å². The van der Waals surface area contributed by atoms with Crippen LogP contribution in [0.1, 0.15) is 25.3 Å². The van der Waals surface area contributed by atoms with E-state index in [0.29, 0.717) is 11.6 Å². The average molecular weight is 244 g/mol. The van der Waals surface area contributed by atoms with Crippen molar-refractivity contribution < 1.29 is 0 Å². The highest BCUT2D eigenvalue weighted by atomic mass is 35.5. The van der Waals surface area contributed by atoms with Crippen LogP contribution in [0.25, 0.3) is 0 Å². The molecule has 0 spiro atoms. The standard InChI is InChI=1S/C12H15Cl2N/c1-8-5-12(6-8,7-15)10-3-2-9(13)4-11(10)14/h2-4,8H,5-7,15H2,1H3. The van der Waals surface area contributed by atoms with Gasteiger partial charge in [-0.1, -0.05) is 36.2 Å². The predicted molar refractivity (Wildman–Crippen MR) is 65.6 cm³/mol. The molecule has 0 amide bonds. The summed E-state index contributed by atoms with van der Waals surface area (Å²) in [5.41, 5.74) is 7.14. The smallest absolute Gasteiger partial charge is 0.0458 e. The summed E-state index contributed by atoms with van der Waals surface area (Å²) in [6, 6.07) is 5.71. The minimum atomic E-state index is 0.0983. The Morgan fingerprint density at radius 1 is 1.40 bits per heavy atom. The molecule has 0 heterocycles. The molecule has 0 unspecified atom stereocenters. The summed E-state index contributed by atoms with van der Waals surface area (Å²) < 4.78 is 0. The monoisotopic (exact) mass is 243 g/mol. The zero-order valence-electron chi connectivity index (χ0n) is 8.76. The Balaban J connectivity index is 2.36. The Kier molecular flexibility index (Phi) is 2.98. The van der Waals surface area contributed by atoms with Crippen LogP contribution in [-0.4, -0.2) is 6.54 Å². The van der Waals surface area contributed by atoms with Crippen LogP contribution in [0, 0.1) is 5.92 Å². The summed E-state index contributed by atoms with van der Waals surface area (Å²) in [4.78, 5) is 0. The summed E-state index contributed by atoms with van der Waals surface area (Å²) in [6.07, 6.45) is 2.26. The molecule has 1 fully saturated rings. The SMILES string of the molecule is CC1CC(CN)(c2ccc(Cl)cc2Cl)C1. The van der Waals surface area contributed by atoms with Crippen molar-refractivity contribution in [3.8, 4) is 0 Å². The second kappa shape index (κ2) is 3.97. The van der Waals surface area contributed by atoms with Gasteiger partial charge in [-0.3, -0.25) is 0 Å². The van der Waals surface area contributed by atoms with Gasteiger partial charge in [-0.25, -0.2) is 0 Å². The second-order valence-corrected chi connectivity index (χ2v) is 5.47. The molecule has 3 heteroatoms. The summed E-state index contributed by atoms with van der Waals surface area (Å²) in [5, 5.41) is 1.43. The fourth-order valence-electron chi connectivity index (χ4n) is 2.69. The van der Waals surface area contributed by atoms with Gasteiger partial charge in [0.1, 0.15) is 0 Å². The zero-order valence-corrected chi connectivity index (χ0v) is 10.3. The largest absolute Gasteiger partial charge is 0.330 e. The molecule has 2 N–H and O–H groups in total. The third-order valence-corrected chi connectivity index (χ3v) is 3.92. The van der Waals surface area contributed by atoms with Crippen LogP contribution in [0.4, 0.5) is 0 Å². The van der Waals surface area contributed by atoms with E-state index in [4.69, 9.17) is 28.9 Å². The molecule has 82 valence electrons. The van der Waals surface area contributed by atoms with Crippen molar-refractivity contribution in [2.45, 2.75) is 25.2 Å². The van der Waals surface area contributed by atoms with E-state index in [9.17, 15) is 0 Å². The van der Waals surface area contributed by atoms with Crippen molar-refractivity contribution in [2.75, 3.05) is 6.54 Å². The van der Waals surface area contributed by atoms with E-state index in [2.05, 4.69) is 6.92 Å². The summed E-state index contributed by atoms with van der Waals surface area (Å²) in [6.45, 7) is 2.91. The molecule has 15 heavy (non-hydrogen) atoms. The van der Waals surface area contributed by atoms with Crippen molar-refractivity contribution in [3.05, 3.63) is 33.8 Å². The maximum atomic E-state index is 6.21. The Hall–Kier alpha value is -0.240. The first-order chi connectivity index (χ1) is 7.07. The van der Waals surface area contributed by atoms with Gasteiger partial charge in [-0.2, -0.15) is 0 Å². The lowest BCUT2D eigenvalue weighted by molar-refractivity contribution is 0.165. The highest BCUT2D eigenvalue weighted by Crippen LogP contribution is 2.49. The van der Waals surface area contributed by atoms with E-state index in [1.807, 2.05) is 12.1 Å². The van der Waals surface area contributed by atoms with Gasteiger partial charge in [-0.05, 0) is 36.5 Å². The van der Waals surface area contributed by atoms with Crippen LogP contribution >= 0.6 is 23.2 Å². The van der Waals surface area contributed by atoms with E-state index < -0.39 is 0 Å². The molecule has 1 aromatic rings. The number of halogens is 2. The third-order valence-electron chi connectivity index (χ3n) is 3.37. The first kappa shape index (κ1) is 11.3. The van der Waals surface area contributed by atoms with Gasteiger partial charge in [0.2, 0.25) is 0 Å². The molecule has 1 nitrogen and oxygen atoms in total. The van der Waals surface area contributed by atoms with E-state index in [1.165, 1.54) is 0 Å². The van der Waals surface area contributed by atoms with Crippen molar-refractivity contribution in [1.29, 1.82) is 0 Å². The number of hydrogen-bond donors (Lipinski definition) is 1.